The summed E-state index contributed by atoms with van der Waals surface area (Å²) in [5.41, 5.74) is -0.706. The average molecular weight is 291 g/mol. The summed E-state index contributed by atoms with van der Waals surface area (Å²) in [6.45, 7) is 3.12. The van der Waals surface area contributed by atoms with Crippen LogP contribution >= 0.6 is 0 Å². The molecule has 0 aliphatic rings. The van der Waals surface area contributed by atoms with Gasteiger partial charge in [0.15, 0.2) is 6.19 Å². The summed E-state index contributed by atoms with van der Waals surface area (Å²) in [5.74, 6) is 0.160. The van der Waals surface area contributed by atoms with Crippen LogP contribution in [0.1, 0.15) is 25.1 Å². The molecule has 4 nitrogen and oxygen atoms in total. The lowest BCUT2D eigenvalue weighted by Crippen LogP contribution is -2.27. The molecule has 0 saturated heterocycles. The van der Waals surface area contributed by atoms with Gasteiger partial charge in [0.05, 0.1) is 9.71 Å². The first-order chi connectivity index (χ1) is 8.74. The highest BCUT2D eigenvalue weighted by Crippen LogP contribution is 2.27. The van der Waals surface area contributed by atoms with Crippen molar-refractivity contribution in [2.45, 2.75) is 20.0 Å². The molecule has 1 aromatic heterocycles. The second-order valence-corrected chi connectivity index (χ2v) is 6.41. The Morgan fingerprint density at radius 1 is 1.53 bits per heavy atom. The number of rotatable bonds is 3. The highest BCUT2D eigenvalue weighted by molar-refractivity contribution is 8.01. The van der Waals surface area contributed by atoms with Crippen LogP contribution in [0, 0.1) is 11.5 Å². The van der Waals surface area contributed by atoms with E-state index in [1.165, 1.54) is 13.0 Å². The third-order valence-electron chi connectivity index (χ3n) is 2.57. The fourth-order valence-corrected chi connectivity index (χ4v) is 2.78. The van der Waals surface area contributed by atoms with Crippen molar-refractivity contribution in [3.05, 3.63) is 29.6 Å². The molecule has 0 aliphatic heterocycles. The molecule has 0 amide bonds. The number of nitrogens with zero attached hydrogens (tertiary/aromatic N) is 2. The van der Waals surface area contributed by atoms with Gasteiger partial charge in [-0.25, -0.2) is 8.93 Å². The normalized spacial score (nSPS) is 14.3. The van der Waals surface area contributed by atoms with Crippen molar-refractivity contribution in [2.75, 3.05) is 5.75 Å². The molecule has 0 aromatic carbocycles. The number of alkyl halides is 3. The number of hydrogen-bond donors (Lipinski definition) is 1. The van der Waals surface area contributed by atoms with Gasteiger partial charge in [-0.15, -0.1) is 0 Å². The first-order valence-corrected chi connectivity index (χ1v) is 7.02. The van der Waals surface area contributed by atoms with E-state index in [-0.39, 0.29) is 5.75 Å². The van der Waals surface area contributed by atoms with Crippen LogP contribution in [0.3, 0.4) is 0 Å². The molecule has 104 valence electrons. The fraction of sp³-hybridized carbons (Fsp3) is 0.364. The first kappa shape index (κ1) is 15.3. The monoisotopic (exact) mass is 291 g/mol. The molecule has 0 fully saturated rings. The van der Waals surface area contributed by atoms with Crippen molar-refractivity contribution in [3.63, 3.8) is 0 Å². The van der Waals surface area contributed by atoms with Gasteiger partial charge in [0.25, 0.3) is 0 Å². The third kappa shape index (κ3) is 3.38. The van der Waals surface area contributed by atoms with E-state index >= 15 is 0 Å². The topological polar surface area (TPSA) is 65.8 Å². The Balaban J connectivity index is 3.29. The predicted molar refractivity (Wildman–Crippen MR) is 66.5 cm³/mol. The van der Waals surface area contributed by atoms with Crippen LogP contribution in [-0.4, -0.2) is 19.8 Å². The summed E-state index contributed by atoms with van der Waals surface area (Å²) < 4.78 is 51.6. The number of halogens is 3. The van der Waals surface area contributed by atoms with Crippen LogP contribution in [0.2, 0.25) is 0 Å². The van der Waals surface area contributed by atoms with Crippen molar-refractivity contribution >= 4 is 14.6 Å². The number of nitriles is 1. The molecule has 1 heterocycles. The minimum Gasteiger partial charge on any atom is -0.251 e. The predicted octanol–water partition coefficient (Wildman–Crippen LogP) is 1.93. The summed E-state index contributed by atoms with van der Waals surface area (Å²) in [6.07, 6.45) is -1.91. The van der Waals surface area contributed by atoms with Crippen LogP contribution in [0.5, 0.6) is 0 Å². The maximum absolute atomic E-state index is 12.4. The Kier molecular flexibility index (Phi) is 4.42. The van der Waals surface area contributed by atoms with Crippen LogP contribution < -0.4 is 4.72 Å². The SMILES string of the molecule is CCS(=O)(NC#N)=C(C)c1ccc(C(F)(F)F)nc1. The van der Waals surface area contributed by atoms with E-state index in [0.717, 1.165) is 12.3 Å². The molecule has 0 radical (unpaired) electrons. The molecule has 0 aliphatic carbocycles. The molecule has 8 heteroatoms. The second-order valence-electron chi connectivity index (χ2n) is 3.66. The van der Waals surface area contributed by atoms with Crippen LogP contribution in [-0.2, 0) is 15.9 Å². The van der Waals surface area contributed by atoms with E-state index in [9.17, 15) is 17.4 Å². The Morgan fingerprint density at radius 2 is 2.16 bits per heavy atom. The van der Waals surface area contributed by atoms with E-state index in [2.05, 4.69) is 9.71 Å². The zero-order chi connectivity index (χ0) is 14.7. The fourth-order valence-electron chi connectivity index (χ4n) is 1.40. The molecule has 1 atom stereocenters. The molecular formula is C11H12F3N3OS. The van der Waals surface area contributed by atoms with Gasteiger partial charge in [0.1, 0.15) is 5.69 Å². The van der Waals surface area contributed by atoms with Gasteiger partial charge in [-0.3, -0.25) is 4.98 Å². The largest absolute Gasteiger partial charge is 0.433 e. The summed E-state index contributed by atoms with van der Waals surface area (Å²) >= 11 is 0. The average Bonchev–Trinajstić information content (AvgIpc) is 2.37. The number of pyridine rings is 1. The quantitative estimate of drug-likeness (QED) is 0.400. The molecule has 1 unspecified atom stereocenters. The molecule has 19 heavy (non-hydrogen) atoms. The van der Waals surface area contributed by atoms with E-state index in [1.807, 2.05) is 0 Å². The van der Waals surface area contributed by atoms with Crippen LogP contribution in [0.4, 0.5) is 13.2 Å². The van der Waals surface area contributed by atoms with Crippen LogP contribution in [0.25, 0.3) is 0 Å². The lowest BCUT2D eigenvalue weighted by Gasteiger charge is -2.12. The van der Waals surface area contributed by atoms with Gasteiger partial charge < -0.3 is 0 Å². The van der Waals surface area contributed by atoms with Gasteiger partial charge in [-0.05, 0) is 13.0 Å². The second kappa shape index (κ2) is 5.48. The minimum absolute atomic E-state index is 0.160. The molecule has 1 rings (SSSR count). The van der Waals surface area contributed by atoms with Gasteiger partial charge in [-0.1, -0.05) is 13.0 Å². The van der Waals surface area contributed by atoms with E-state index < -0.39 is 21.6 Å². The highest BCUT2D eigenvalue weighted by Gasteiger charge is 2.32. The number of nitrogens with one attached hydrogen (secondary N) is 1. The summed E-state index contributed by atoms with van der Waals surface area (Å²) in [5, 5.41) is 8.56. The van der Waals surface area contributed by atoms with E-state index in [0.29, 0.717) is 10.4 Å². The van der Waals surface area contributed by atoms with Crippen molar-refractivity contribution in [3.8, 4) is 6.19 Å². The Bertz CT molecular complexity index is 608. The van der Waals surface area contributed by atoms with Crippen LogP contribution in [0.15, 0.2) is 18.3 Å². The summed E-state index contributed by atoms with van der Waals surface area (Å²) in [4.78, 5) is 3.60. The van der Waals surface area contributed by atoms with Gasteiger partial charge in [-0.2, -0.15) is 18.4 Å². The van der Waals surface area contributed by atoms with Crippen molar-refractivity contribution < 1.29 is 17.4 Å². The molecule has 1 aromatic rings. The molecule has 1 N–H and O–H groups in total. The van der Waals surface area contributed by atoms with Crippen molar-refractivity contribution in [1.82, 2.24) is 9.71 Å². The third-order valence-corrected chi connectivity index (χ3v) is 5.03. The Hall–Kier alpha value is -1.75. The zero-order valence-electron chi connectivity index (χ0n) is 10.3. The summed E-state index contributed by atoms with van der Waals surface area (Å²) in [7, 11) is -2.77. The van der Waals surface area contributed by atoms with Gasteiger partial charge in [0, 0.05) is 22.4 Å². The minimum atomic E-state index is -4.51. The smallest absolute Gasteiger partial charge is 0.251 e. The lowest BCUT2D eigenvalue weighted by molar-refractivity contribution is -0.141. The van der Waals surface area contributed by atoms with Gasteiger partial charge >= 0.3 is 6.18 Å². The Labute approximate surface area is 109 Å². The van der Waals surface area contributed by atoms with E-state index in [1.54, 1.807) is 13.1 Å². The molecule has 0 spiro atoms. The first-order valence-electron chi connectivity index (χ1n) is 5.29. The zero-order valence-corrected chi connectivity index (χ0v) is 11.1. The maximum Gasteiger partial charge on any atom is 0.433 e. The lowest BCUT2D eigenvalue weighted by atomic mass is 10.2. The molecule has 0 saturated carbocycles. The molecular weight excluding hydrogens is 279 g/mol. The van der Waals surface area contributed by atoms with Gasteiger partial charge in [0.2, 0.25) is 0 Å². The van der Waals surface area contributed by atoms with E-state index in [4.69, 9.17) is 5.26 Å². The number of aromatic nitrogens is 1. The highest BCUT2D eigenvalue weighted by atomic mass is 32.2. The standard InChI is InChI=1S/C11H12F3N3OS/c1-3-19(18,17-7-15)8(2)9-4-5-10(16-6-9)11(12,13)14/h4-6H,3H2,1-2H3,(H,17,18). The van der Waals surface area contributed by atoms with Crippen molar-refractivity contribution in [2.24, 2.45) is 0 Å². The summed E-state index contributed by atoms with van der Waals surface area (Å²) in [6, 6.07) is 2.01. The number of hydrogen-bond acceptors (Lipinski definition) is 3. The Morgan fingerprint density at radius 3 is 2.53 bits per heavy atom. The molecule has 0 bridgehead atoms. The van der Waals surface area contributed by atoms with Crippen molar-refractivity contribution in [1.29, 1.82) is 5.26 Å². The maximum atomic E-state index is 12.4.